The van der Waals surface area contributed by atoms with Crippen LogP contribution in [0.1, 0.15) is 16.2 Å². The number of nitrogens with zero attached hydrogens (tertiary/aromatic N) is 8. The molecule has 0 spiro atoms. The largest absolute Gasteiger partial charge is 0.336 e. The highest BCUT2D eigenvalue weighted by molar-refractivity contribution is 6.04. The fourth-order valence-corrected chi connectivity index (χ4v) is 3.49. The minimum absolute atomic E-state index is 0.0377. The van der Waals surface area contributed by atoms with Crippen molar-refractivity contribution in [3.8, 4) is 11.4 Å². The average Bonchev–Trinajstić information content (AvgIpc) is 3.26. The molecular formula is C19H18N8O. The zero-order valence-electron chi connectivity index (χ0n) is 15.4. The number of imidazole rings is 1. The minimum atomic E-state index is -0.0377. The first-order valence-electron chi connectivity index (χ1n) is 9.10. The summed E-state index contributed by atoms with van der Waals surface area (Å²) in [6, 6.07) is 5.55. The molecule has 140 valence electrons. The van der Waals surface area contributed by atoms with Crippen LogP contribution in [-0.2, 0) is 20.0 Å². The standard InChI is InChI=1S/C19H18N8O/c1-25-12-22-16-14(4-7-21-18(16)25)19(28)26-8-5-15-23-17(24-27(15)10-9-26)13-3-2-6-20-11-13/h2-4,6-7,11-12H,5,8-10H2,1H3. The van der Waals surface area contributed by atoms with Crippen LogP contribution in [0.15, 0.2) is 43.1 Å². The summed E-state index contributed by atoms with van der Waals surface area (Å²) >= 11 is 0. The van der Waals surface area contributed by atoms with Gasteiger partial charge in [-0.15, -0.1) is 0 Å². The van der Waals surface area contributed by atoms with Gasteiger partial charge in [0.1, 0.15) is 11.3 Å². The fourth-order valence-electron chi connectivity index (χ4n) is 3.49. The van der Waals surface area contributed by atoms with E-state index in [9.17, 15) is 4.79 Å². The molecule has 1 aliphatic heterocycles. The molecule has 28 heavy (non-hydrogen) atoms. The molecule has 5 rings (SSSR count). The molecule has 0 atom stereocenters. The number of carbonyl (C=O) groups excluding carboxylic acids is 1. The summed E-state index contributed by atoms with van der Waals surface area (Å²) in [6.07, 6.45) is 7.46. The van der Waals surface area contributed by atoms with Gasteiger partial charge < -0.3 is 9.47 Å². The van der Waals surface area contributed by atoms with Gasteiger partial charge in [0.15, 0.2) is 11.5 Å². The van der Waals surface area contributed by atoms with Crippen LogP contribution in [-0.4, -0.2) is 58.2 Å². The molecule has 4 aromatic rings. The molecule has 0 N–H and O–H groups in total. The van der Waals surface area contributed by atoms with E-state index in [4.69, 9.17) is 0 Å². The number of rotatable bonds is 2. The van der Waals surface area contributed by atoms with Gasteiger partial charge in [-0.25, -0.2) is 19.6 Å². The van der Waals surface area contributed by atoms with Gasteiger partial charge in [-0.05, 0) is 18.2 Å². The van der Waals surface area contributed by atoms with Gasteiger partial charge in [0.2, 0.25) is 0 Å². The van der Waals surface area contributed by atoms with Crippen LogP contribution in [0, 0.1) is 0 Å². The lowest BCUT2D eigenvalue weighted by Crippen LogP contribution is -2.34. The van der Waals surface area contributed by atoms with E-state index in [1.54, 1.807) is 31.0 Å². The number of hydrogen-bond acceptors (Lipinski definition) is 6. The molecule has 0 aliphatic carbocycles. The van der Waals surface area contributed by atoms with Gasteiger partial charge in [-0.2, -0.15) is 5.10 Å². The summed E-state index contributed by atoms with van der Waals surface area (Å²) in [4.78, 5) is 32.4. The van der Waals surface area contributed by atoms with Crippen molar-refractivity contribution >= 4 is 17.1 Å². The van der Waals surface area contributed by atoms with Crippen LogP contribution in [0.3, 0.4) is 0 Å². The predicted molar refractivity (Wildman–Crippen MR) is 101 cm³/mol. The fraction of sp³-hybridized carbons (Fsp3) is 0.263. The van der Waals surface area contributed by atoms with E-state index in [1.807, 2.05) is 33.3 Å². The molecule has 0 saturated heterocycles. The Hall–Kier alpha value is -3.62. The summed E-state index contributed by atoms with van der Waals surface area (Å²) in [7, 11) is 1.87. The van der Waals surface area contributed by atoms with E-state index < -0.39 is 0 Å². The van der Waals surface area contributed by atoms with Gasteiger partial charge in [0.25, 0.3) is 5.91 Å². The van der Waals surface area contributed by atoms with Crippen molar-refractivity contribution in [2.24, 2.45) is 7.05 Å². The van der Waals surface area contributed by atoms with E-state index in [0.717, 1.165) is 11.4 Å². The third-order valence-corrected chi connectivity index (χ3v) is 4.97. The Balaban J connectivity index is 1.38. The predicted octanol–water partition coefficient (Wildman–Crippen LogP) is 1.32. The molecule has 0 bridgehead atoms. The smallest absolute Gasteiger partial charge is 0.256 e. The minimum Gasteiger partial charge on any atom is -0.336 e. The molecule has 9 nitrogen and oxygen atoms in total. The maximum atomic E-state index is 13.1. The third-order valence-electron chi connectivity index (χ3n) is 4.97. The number of aryl methyl sites for hydroxylation is 1. The maximum Gasteiger partial charge on any atom is 0.256 e. The maximum absolute atomic E-state index is 13.1. The van der Waals surface area contributed by atoms with Crippen LogP contribution in [0.5, 0.6) is 0 Å². The Kier molecular flexibility index (Phi) is 3.85. The Bertz CT molecular complexity index is 1140. The van der Waals surface area contributed by atoms with E-state index in [-0.39, 0.29) is 5.91 Å². The van der Waals surface area contributed by atoms with Crippen molar-refractivity contribution < 1.29 is 4.79 Å². The van der Waals surface area contributed by atoms with Gasteiger partial charge >= 0.3 is 0 Å². The third kappa shape index (κ3) is 2.72. The number of fused-ring (bicyclic) bond motifs is 2. The lowest BCUT2D eigenvalue weighted by molar-refractivity contribution is 0.0760. The van der Waals surface area contributed by atoms with Crippen molar-refractivity contribution in [3.05, 3.63) is 54.5 Å². The summed E-state index contributed by atoms with van der Waals surface area (Å²) < 4.78 is 3.70. The second-order valence-electron chi connectivity index (χ2n) is 6.74. The van der Waals surface area contributed by atoms with Crippen LogP contribution >= 0.6 is 0 Å². The molecule has 0 unspecified atom stereocenters. The van der Waals surface area contributed by atoms with E-state index >= 15 is 0 Å². The van der Waals surface area contributed by atoms with Gasteiger partial charge in [0.05, 0.1) is 18.4 Å². The number of aromatic nitrogens is 7. The van der Waals surface area contributed by atoms with E-state index in [2.05, 4.69) is 25.0 Å². The first-order chi connectivity index (χ1) is 13.7. The Morgan fingerprint density at radius 2 is 2.04 bits per heavy atom. The zero-order valence-corrected chi connectivity index (χ0v) is 15.4. The van der Waals surface area contributed by atoms with Gasteiger partial charge in [-0.3, -0.25) is 9.78 Å². The SMILES string of the molecule is Cn1cnc2c(C(=O)N3CCc4nc(-c5cccnc5)nn4CC3)ccnc21. The Labute approximate surface area is 160 Å². The van der Waals surface area contributed by atoms with Gasteiger partial charge in [0, 0.05) is 50.7 Å². The van der Waals surface area contributed by atoms with Crippen molar-refractivity contribution in [3.63, 3.8) is 0 Å². The average molecular weight is 374 g/mol. The van der Waals surface area contributed by atoms with Crippen molar-refractivity contribution in [1.82, 2.24) is 39.2 Å². The number of pyridine rings is 2. The summed E-state index contributed by atoms with van der Waals surface area (Å²) in [6.45, 7) is 1.75. The van der Waals surface area contributed by atoms with E-state index in [0.29, 0.717) is 48.6 Å². The van der Waals surface area contributed by atoms with Crippen LogP contribution < -0.4 is 0 Å². The van der Waals surface area contributed by atoms with Crippen LogP contribution in [0.2, 0.25) is 0 Å². The van der Waals surface area contributed by atoms with Crippen molar-refractivity contribution in [1.29, 1.82) is 0 Å². The van der Waals surface area contributed by atoms with E-state index in [1.165, 1.54) is 0 Å². The highest BCUT2D eigenvalue weighted by Gasteiger charge is 2.24. The molecule has 4 aromatic heterocycles. The zero-order chi connectivity index (χ0) is 19.1. The van der Waals surface area contributed by atoms with Crippen LogP contribution in [0.25, 0.3) is 22.6 Å². The van der Waals surface area contributed by atoms with Crippen molar-refractivity contribution in [2.75, 3.05) is 13.1 Å². The first kappa shape index (κ1) is 16.5. The molecule has 0 aromatic carbocycles. The second kappa shape index (κ2) is 6.52. The monoisotopic (exact) mass is 374 g/mol. The molecule has 1 amide bonds. The molecule has 0 saturated carbocycles. The summed E-state index contributed by atoms with van der Waals surface area (Å²) in [5, 5.41) is 4.60. The molecular weight excluding hydrogens is 356 g/mol. The van der Waals surface area contributed by atoms with Gasteiger partial charge in [-0.1, -0.05) is 0 Å². The Morgan fingerprint density at radius 3 is 2.89 bits per heavy atom. The van der Waals surface area contributed by atoms with Crippen LogP contribution in [0.4, 0.5) is 0 Å². The second-order valence-corrected chi connectivity index (χ2v) is 6.74. The topological polar surface area (TPSA) is 94.6 Å². The molecule has 9 heteroatoms. The lowest BCUT2D eigenvalue weighted by Gasteiger charge is -2.20. The summed E-state index contributed by atoms with van der Waals surface area (Å²) in [5.74, 6) is 1.52. The summed E-state index contributed by atoms with van der Waals surface area (Å²) in [5.41, 5.74) is 2.81. The number of amides is 1. The Morgan fingerprint density at radius 1 is 1.11 bits per heavy atom. The lowest BCUT2D eigenvalue weighted by atomic mass is 10.2. The van der Waals surface area contributed by atoms with Crippen molar-refractivity contribution in [2.45, 2.75) is 13.0 Å². The number of hydrogen-bond donors (Lipinski definition) is 0. The normalized spacial score (nSPS) is 14.1. The highest BCUT2D eigenvalue weighted by atomic mass is 16.2. The molecule has 0 radical (unpaired) electrons. The molecule has 5 heterocycles. The molecule has 1 aliphatic rings. The first-order valence-corrected chi connectivity index (χ1v) is 9.10. The highest BCUT2D eigenvalue weighted by Crippen LogP contribution is 2.19. The number of carbonyl (C=O) groups is 1. The quantitative estimate of drug-likeness (QED) is 0.525. The molecule has 0 fully saturated rings.